The Morgan fingerprint density at radius 1 is 1.03 bits per heavy atom. The van der Waals surface area contributed by atoms with Crippen LogP contribution in [0.4, 0.5) is 0 Å². The van der Waals surface area contributed by atoms with Gasteiger partial charge in [-0.2, -0.15) is 0 Å². The van der Waals surface area contributed by atoms with Gasteiger partial charge < -0.3 is 14.4 Å². The van der Waals surface area contributed by atoms with Crippen LogP contribution in [-0.4, -0.2) is 37.7 Å². The Kier molecular flexibility index (Phi) is 8.42. The van der Waals surface area contributed by atoms with Crippen molar-refractivity contribution in [3.8, 4) is 11.5 Å². The van der Waals surface area contributed by atoms with E-state index >= 15 is 0 Å². The molecule has 0 spiro atoms. The van der Waals surface area contributed by atoms with Gasteiger partial charge in [0.15, 0.2) is 0 Å². The predicted octanol–water partition coefficient (Wildman–Crippen LogP) is 5.76. The van der Waals surface area contributed by atoms with Crippen LogP contribution in [0, 0.1) is 5.92 Å². The molecule has 0 radical (unpaired) electrons. The van der Waals surface area contributed by atoms with Crippen molar-refractivity contribution in [2.45, 2.75) is 58.5 Å². The molecule has 29 heavy (non-hydrogen) atoms. The van der Waals surface area contributed by atoms with Gasteiger partial charge in [0.1, 0.15) is 11.5 Å². The molecule has 1 saturated heterocycles. The Morgan fingerprint density at radius 3 is 2.69 bits per heavy atom. The molecule has 158 valence electrons. The number of hydrogen-bond acceptors (Lipinski definition) is 3. The van der Waals surface area contributed by atoms with Crippen molar-refractivity contribution >= 4 is 0 Å². The summed E-state index contributed by atoms with van der Waals surface area (Å²) < 4.78 is 12.1. The molecule has 0 aliphatic carbocycles. The molecule has 1 aliphatic heterocycles. The van der Waals surface area contributed by atoms with Crippen molar-refractivity contribution < 1.29 is 9.47 Å². The second-order valence-corrected chi connectivity index (χ2v) is 8.71. The molecule has 0 saturated carbocycles. The number of benzene rings is 2. The van der Waals surface area contributed by atoms with Gasteiger partial charge in [-0.05, 0) is 95.3 Å². The minimum atomic E-state index is 0.218. The molecule has 2 aromatic rings. The summed E-state index contributed by atoms with van der Waals surface area (Å²) in [5, 5.41) is 0. The van der Waals surface area contributed by atoms with Crippen LogP contribution in [0.15, 0.2) is 48.5 Å². The highest BCUT2D eigenvalue weighted by Crippen LogP contribution is 2.23. The second-order valence-electron chi connectivity index (χ2n) is 8.71. The van der Waals surface area contributed by atoms with Gasteiger partial charge in [-0.15, -0.1) is 0 Å². The van der Waals surface area contributed by atoms with Gasteiger partial charge in [0.05, 0.1) is 12.7 Å². The van der Waals surface area contributed by atoms with Crippen LogP contribution in [0.25, 0.3) is 0 Å². The lowest BCUT2D eigenvalue weighted by molar-refractivity contribution is 0.150. The monoisotopic (exact) mass is 395 g/mol. The van der Waals surface area contributed by atoms with Gasteiger partial charge in [-0.25, -0.2) is 0 Å². The second kappa shape index (κ2) is 11.3. The van der Waals surface area contributed by atoms with Gasteiger partial charge >= 0.3 is 0 Å². The number of piperidine rings is 1. The minimum absolute atomic E-state index is 0.218. The highest BCUT2D eigenvalue weighted by molar-refractivity contribution is 5.33. The standard InChI is InChI=1S/C26H37NO2/c1-21(2)29-25-15-8-11-22(18-25)10-4-5-13-24-14-6-7-16-26(24)28-20-23-12-9-17-27(3)19-23/h6-8,11,14-16,18,21,23H,4-5,9-10,12-13,17,19-20H2,1-3H3. The molecule has 0 aromatic heterocycles. The van der Waals surface area contributed by atoms with Crippen LogP contribution in [0.2, 0.25) is 0 Å². The topological polar surface area (TPSA) is 21.7 Å². The van der Waals surface area contributed by atoms with E-state index in [0.29, 0.717) is 5.92 Å². The first-order valence-corrected chi connectivity index (χ1v) is 11.2. The lowest BCUT2D eigenvalue weighted by atomic mass is 9.99. The fourth-order valence-corrected chi connectivity index (χ4v) is 4.16. The van der Waals surface area contributed by atoms with Crippen molar-refractivity contribution in [2.24, 2.45) is 5.92 Å². The third-order valence-electron chi connectivity index (χ3n) is 5.60. The number of likely N-dealkylation sites (tertiary alicyclic amines) is 1. The molecule has 3 heteroatoms. The van der Waals surface area contributed by atoms with Crippen LogP contribution in [0.5, 0.6) is 11.5 Å². The third-order valence-corrected chi connectivity index (χ3v) is 5.60. The van der Waals surface area contributed by atoms with E-state index in [2.05, 4.69) is 68.3 Å². The summed E-state index contributed by atoms with van der Waals surface area (Å²) in [5.74, 6) is 2.71. The first-order chi connectivity index (χ1) is 14.1. The summed E-state index contributed by atoms with van der Waals surface area (Å²) >= 11 is 0. The van der Waals surface area contributed by atoms with Gasteiger partial charge in [0, 0.05) is 12.5 Å². The Morgan fingerprint density at radius 2 is 1.86 bits per heavy atom. The maximum Gasteiger partial charge on any atom is 0.122 e. The number of nitrogens with zero attached hydrogens (tertiary/aromatic N) is 1. The van der Waals surface area contributed by atoms with Crippen molar-refractivity contribution in [1.82, 2.24) is 4.90 Å². The van der Waals surface area contributed by atoms with Gasteiger partial charge in [0.25, 0.3) is 0 Å². The lowest BCUT2D eigenvalue weighted by Gasteiger charge is -2.29. The number of rotatable bonds is 10. The smallest absolute Gasteiger partial charge is 0.122 e. The minimum Gasteiger partial charge on any atom is -0.493 e. The number of aryl methyl sites for hydroxylation is 2. The molecular formula is C26H37NO2. The number of para-hydroxylation sites is 1. The van der Waals surface area contributed by atoms with E-state index in [1.807, 2.05) is 6.07 Å². The molecule has 1 fully saturated rings. The molecule has 3 rings (SSSR count). The SMILES string of the molecule is CC(C)Oc1cccc(CCCCc2ccccc2OCC2CCCN(C)C2)c1. The van der Waals surface area contributed by atoms with E-state index in [4.69, 9.17) is 9.47 Å². The molecule has 1 unspecified atom stereocenters. The van der Waals surface area contributed by atoms with E-state index in [1.165, 1.54) is 43.4 Å². The van der Waals surface area contributed by atoms with Crippen LogP contribution in [0.3, 0.4) is 0 Å². The van der Waals surface area contributed by atoms with Gasteiger partial charge in [-0.3, -0.25) is 0 Å². The largest absolute Gasteiger partial charge is 0.493 e. The highest BCUT2D eigenvalue weighted by atomic mass is 16.5. The van der Waals surface area contributed by atoms with Crippen LogP contribution in [-0.2, 0) is 12.8 Å². The van der Waals surface area contributed by atoms with E-state index < -0.39 is 0 Å². The Labute approximate surface area is 177 Å². The number of hydrogen-bond donors (Lipinski definition) is 0. The van der Waals surface area contributed by atoms with Crippen LogP contribution >= 0.6 is 0 Å². The molecule has 1 heterocycles. The Balaban J connectivity index is 1.45. The Bertz CT molecular complexity index is 743. The summed E-state index contributed by atoms with van der Waals surface area (Å²) in [6.07, 6.45) is 7.29. The normalized spacial score (nSPS) is 17.4. The summed E-state index contributed by atoms with van der Waals surface area (Å²) in [4.78, 5) is 2.42. The average Bonchev–Trinajstić information content (AvgIpc) is 2.70. The van der Waals surface area contributed by atoms with E-state index in [-0.39, 0.29) is 6.10 Å². The molecule has 0 amide bonds. The molecular weight excluding hydrogens is 358 g/mol. The molecule has 1 atom stereocenters. The van der Waals surface area contributed by atoms with Crippen molar-refractivity contribution in [3.63, 3.8) is 0 Å². The van der Waals surface area contributed by atoms with Crippen molar-refractivity contribution in [2.75, 3.05) is 26.7 Å². The summed E-state index contributed by atoms with van der Waals surface area (Å²) in [7, 11) is 2.21. The first-order valence-electron chi connectivity index (χ1n) is 11.2. The fraction of sp³-hybridized carbons (Fsp3) is 0.538. The summed E-state index contributed by atoms with van der Waals surface area (Å²) in [6, 6.07) is 17.1. The van der Waals surface area contributed by atoms with Crippen molar-refractivity contribution in [3.05, 3.63) is 59.7 Å². The third kappa shape index (κ3) is 7.40. The van der Waals surface area contributed by atoms with Gasteiger partial charge in [-0.1, -0.05) is 30.3 Å². The summed E-state index contributed by atoms with van der Waals surface area (Å²) in [6.45, 7) is 7.35. The highest BCUT2D eigenvalue weighted by Gasteiger charge is 2.18. The molecule has 3 nitrogen and oxygen atoms in total. The molecule has 0 bridgehead atoms. The molecule has 2 aromatic carbocycles. The Hall–Kier alpha value is -2.00. The predicted molar refractivity (Wildman–Crippen MR) is 121 cm³/mol. The van der Waals surface area contributed by atoms with Crippen molar-refractivity contribution in [1.29, 1.82) is 0 Å². The van der Waals surface area contributed by atoms with E-state index in [0.717, 1.165) is 37.5 Å². The lowest BCUT2D eigenvalue weighted by Crippen LogP contribution is -2.34. The zero-order valence-electron chi connectivity index (χ0n) is 18.4. The zero-order chi connectivity index (χ0) is 20.5. The number of ether oxygens (including phenoxy) is 2. The molecule has 0 N–H and O–H groups in total. The first kappa shape index (κ1) is 21.7. The number of unbranched alkanes of at least 4 members (excludes halogenated alkanes) is 1. The summed E-state index contributed by atoms with van der Waals surface area (Å²) in [5.41, 5.74) is 2.70. The fourth-order valence-electron chi connectivity index (χ4n) is 4.16. The maximum absolute atomic E-state index is 6.25. The molecule has 1 aliphatic rings. The van der Waals surface area contributed by atoms with E-state index in [9.17, 15) is 0 Å². The van der Waals surface area contributed by atoms with Crippen LogP contribution in [0.1, 0.15) is 50.7 Å². The van der Waals surface area contributed by atoms with Gasteiger partial charge in [0.2, 0.25) is 0 Å². The van der Waals surface area contributed by atoms with E-state index in [1.54, 1.807) is 0 Å². The maximum atomic E-state index is 6.25. The zero-order valence-corrected chi connectivity index (χ0v) is 18.4. The quantitative estimate of drug-likeness (QED) is 0.477. The van der Waals surface area contributed by atoms with Crippen LogP contribution < -0.4 is 9.47 Å². The average molecular weight is 396 g/mol.